The van der Waals surface area contributed by atoms with Gasteiger partial charge in [0.25, 0.3) is 0 Å². The van der Waals surface area contributed by atoms with E-state index in [1.54, 1.807) is 18.3 Å². The fourth-order valence-electron chi connectivity index (χ4n) is 1.39. The zero-order valence-electron chi connectivity index (χ0n) is 8.60. The maximum Gasteiger partial charge on any atom is 0.179 e. The zero-order chi connectivity index (χ0) is 10.9. The Bertz CT molecular complexity index is 452. The van der Waals surface area contributed by atoms with Gasteiger partial charge in [-0.3, -0.25) is 0 Å². The Hall–Kier alpha value is -1.10. The lowest BCUT2D eigenvalue weighted by Gasteiger charge is -2.08. The summed E-state index contributed by atoms with van der Waals surface area (Å²) in [5.74, 6) is 1.17. The van der Waals surface area contributed by atoms with Gasteiger partial charge >= 0.3 is 0 Å². The van der Waals surface area contributed by atoms with Crippen LogP contribution in [0.2, 0.25) is 0 Å². The number of nitrogens with one attached hydrogen (secondary N) is 1. The van der Waals surface area contributed by atoms with Gasteiger partial charge in [-0.2, -0.15) is 0 Å². The third kappa shape index (κ3) is 2.68. The highest BCUT2D eigenvalue weighted by molar-refractivity contribution is 7.90. The summed E-state index contributed by atoms with van der Waals surface area (Å²) in [6, 6.07) is 3.22. The van der Waals surface area contributed by atoms with Crippen molar-refractivity contribution in [3.05, 3.63) is 18.3 Å². The van der Waals surface area contributed by atoms with E-state index in [2.05, 4.69) is 10.3 Å². The van der Waals surface area contributed by atoms with Crippen LogP contribution in [0.1, 0.15) is 12.8 Å². The van der Waals surface area contributed by atoms with Crippen molar-refractivity contribution in [2.75, 3.05) is 18.1 Å². The summed E-state index contributed by atoms with van der Waals surface area (Å²) in [7, 11) is -3.19. The average molecular weight is 226 g/mol. The van der Waals surface area contributed by atoms with Crippen molar-refractivity contribution in [3.8, 4) is 0 Å². The zero-order valence-corrected chi connectivity index (χ0v) is 9.42. The lowest BCUT2D eigenvalue weighted by atomic mass is 10.4. The van der Waals surface area contributed by atoms with Crippen molar-refractivity contribution in [2.45, 2.75) is 17.7 Å². The van der Waals surface area contributed by atoms with Crippen LogP contribution in [-0.4, -0.2) is 26.2 Å². The van der Waals surface area contributed by atoms with E-state index >= 15 is 0 Å². The molecule has 0 radical (unpaired) electrons. The molecule has 0 amide bonds. The Morgan fingerprint density at radius 1 is 1.53 bits per heavy atom. The van der Waals surface area contributed by atoms with Crippen molar-refractivity contribution in [3.63, 3.8) is 0 Å². The molecule has 0 bridgehead atoms. The average Bonchev–Trinajstić information content (AvgIpc) is 2.97. The van der Waals surface area contributed by atoms with Crippen LogP contribution in [0, 0.1) is 5.92 Å². The molecule has 1 saturated carbocycles. The molecule has 1 aromatic rings. The molecular weight excluding hydrogens is 212 g/mol. The molecule has 0 saturated heterocycles. The molecule has 1 fully saturated rings. The predicted octanol–water partition coefficient (Wildman–Crippen LogP) is 1.31. The highest BCUT2D eigenvalue weighted by Crippen LogP contribution is 2.29. The van der Waals surface area contributed by atoms with Crippen molar-refractivity contribution in [1.82, 2.24) is 4.98 Å². The molecule has 2 rings (SSSR count). The second-order valence-electron chi connectivity index (χ2n) is 3.95. The number of anilines is 1. The van der Waals surface area contributed by atoms with Gasteiger partial charge in [0.1, 0.15) is 10.7 Å². The van der Waals surface area contributed by atoms with E-state index in [1.807, 2.05) is 0 Å². The summed E-state index contributed by atoms with van der Waals surface area (Å²) in [5, 5.41) is 3.09. The Morgan fingerprint density at radius 3 is 2.87 bits per heavy atom. The first kappa shape index (κ1) is 10.4. The molecule has 0 aliphatic heterocycles. The van der Waals surface area contributed by atoms with Crippen LogP contribution in [0.3, 0.4) is 0 Å². The van der Waals surface area contributed by atoms with Gasteiger partial charge in [-0.05, 0) is 30.9 Å². The minimum atomic E-state index is -3.19. The summed E-state index contributed by atoms with van der Waals surface area (Å²) in [5.41, 5.74) is 0. The summed E-state index contributed by atoms with van der Waals surface area (Å²) >= 11 is 0. The van der Waals surface area contributed by atoms with Gasteiger partial charge in [-0.25, -0.2) is 13.4 Å². The standard InChI is InChI=1S/C10H14N2O2S/c1-15(13,14)9-3-2-6-11-10(9)12-7-8-4-5-8/h2-3,6,8H,4-5,7H2,1H3,(H,11,12). The second-order valence-corrected chi connectivity index (χ2v) is 5.93. The van der Waals surface area contributed by atoms with E-state index < -0.39 is 9.84 Å². The molecule has 0 aromatic carbocycles. The maximum atomic E-state index is 11.4. The van der Waals surface area contributed by atoms with E-state index in [4.69, 9.17) is 0 Å². The van der Waals surface area contributed by atoms with E-state index in [9.17, 15) is 8.42 Å². The van der Waals surface area contributed by atoms with E-state index in [0.717, 1.165) is 6.54 Å². The summed E-state index contributed by atoms with van der Waals surface area (Å²) in [6.07, 6.45) is 5.26. The fourth-order valence-corrected chi connectivity index (χ4v) is 2.19. The van der Waals surface area contributed by atoms with Crippen molar-refractivity contribution in [2.24, 2.45) is 5.92 Å². The number of nitrogens with zero attached hydrogens (tertiary/aromatic N) is 1. The number of rotatable bonds is 4. The van der Waals surface area contributed by atoms with Gasteiger partial charge in [0.2, 0.25) is 0 Å². The molecule has 0 atom stereocenters. The van der Waals surface area contributed by atoms with E-state index in [-0.39, 0.29) is 4.90 Å². The third-order valence-corrected chi connectivity index (χ3v) is 3.55. The Kier molecular flexibility index (Phi) is 2.65. The molecule has 82 valence electrons. The Balaban J connectivity index is 2.20. The Labute approximate surface area is 89.6 Å². The topological polar surface area (TPSA) is 59.1 Å². The van der Waals surface area contributed by atoms with Crippen LogP contribution in [-0.2, 0) is 9.84 Å². The molecule has 4 nitrogen and oxygen atoms in total. The smallest absolute Gasteiger partial charge is 0.179 e. The molecular formula is C10H14N2O2S. The van der Waals surface area contributed by atoms with Crippen molar-refractivity contribution >= 4 is 15.7 Å². The van der Waals surface area contributed by atoms with Gasteiger partial charge in [0.15, 0.2) is 9.84 Å². The molecule has 1 heterocycles. The van der Waals surface area contributed by atoms with Crippen LogP contribution in [0.5, 0.6) is 0 Å². The van der Waals surface area contributed by atoms with E-state index in [1.165, 1.54) is 19.1 Å². The van der Waals surface area contributed by atoms with Crippen LogP contribution < -0.4 is 5.32 Å². The summed E-state index contributed by atoms with van der Waals surface area (Å²) in [4.78, 5) is 4.34. The molecule has 1 aromatic heterocycles. The number of aromatic nitrogens is 1. The molecule has 5 heteroatoms. The van der Waals surface area contributed by atoms with Crippen LogP contribution in [0.4, 0.5) is 5.82 Å². The van der Waals surface area contributed by atoms with Crippen LogP contribution in [0.15, 0.2) is 23.2 Å². The molecule has 1 aliphatic carbocycles. The third-order valence-electron chi connectivity index (χ3n) is 2.43. The highest BCUT2D eigenvalue weighted by atomic mass is 32.2. The Morgan fingerprint density at radius 2 is 2.27 bits per heavy atom. The lowest BCUT2D eigenvalue weighted by molar-refractivity contribution is 0.601. The minimum absolute atomic E-state index is 0.283. The minimum Gasteiger partial charge on any atom is -0.369 e. The second kappa shape index (κ2) is 3.81. The number of pyridine rings is 1. The van der Waals surface area contributed by atoms with Gasteiger partial charge in [-0.15, -0.1) is 0 Å². The predicted molar refractivity (Wildman–Crippen MR) is 58.6 cm³/mol. The SMILES string of the molecule is CS(=O)(=O)c1cccnc1NCC1CC1. The lowest BCUT2D eigenvalue weighted by Crippen LogP contribution is -2.10. The first-order valence-electron chi connectivity index (χ1n) is 4.96. The molecule has 15 heavy (non-hydrogen) atoms. The monoisotopic (exact) mass is 226 g/mol. The molecule has 0 unspecified atom stereocenters. The first-order chi connectivity index (χ1) is 7.07. The number of hydrogen-bond donors (Lipinski definition) is 1. The van der Waals surface area contributed by atoms with Crippen LogP contribution in [0.25, 0.3) is 0 Å². The van der Waals surface area contributed by atoms with Gasteiger partial charge in [0.05, 0.1) is 0 Å². The van der Waals surface area contributed by atoms with Crippen molar-refractivity contribution in [1.29, 1.82) is 0 Å². The maximum absolute atomic E-state index is 11.4. The quantitative estimate of drug-likeness (QED) is 0.841. The van der Waals surface area contributed by atoms with Gasteiger partial charge in [0, 0.05) is 19.0 Å². The highest BCUT2D eigenvalue weighted by Gasteiger charge is 2.22. The summed E-state index contributed by atoms with van der Waals surface area (Å²) < 4.78 is 22.9. The van der Waals surface area contributed by atoms with E-state index in [0.29, 0.717) is 11.7 Å². The van der Waals surface area contributed by atoms with Crippen LogP contribution >= 0.6 is 0 Å². The van der Waals surface area contributed by atoms with Crippen molar-refractivity contribution < 1.29 is 8.42 Å². The van der Waals surface area contributed by atoms with Gasteiger partial charge < -0.3 is 5.32 Å². The fraction of sp³-hybridized carbons (Fsp3) is 0.500. The number of sulfone groups is 1. The molecule has 1 aliphatic rings. The largest absolute Gasteiger partial charge is 0.369 e. The molecule has 0 spiro atoms. The normalized spacial score (nSPS) is 16.3. The molecule has 1 N–H and O–H groups in total. The number of hydrogen-bond acceptors (Lipinski definition) is 4. The first-order valence-corrected chi connectivity index (χ1v) is 6.85. The van der Waals surface area contributed by atoms with Gasteiger partial charge in [-0.1, -0.05) is 0 Å². The summed E-state index contributed by atoms with van der Waals surface area (Å²) in [6.45, 7) is 0.819.